The number of rotatable bonds is 1. The molecular formula is C9H17IN2. The summed E-state index contributed by atoms with van der Waals surface area (Å²) in [6.07, 6.45) is 1.38. The molecular weight excluding hydrogens is 263 g/mol. The predicted molar refractivity (Wildman–Crippen MR) is 59.6 cm³/mol. The topological polar surface area (TPSA) is 15.3 Å². The van der Waals surface area contributed by atoms with E-state index in [-0.39, 0.29) is 0 Å². The molecule has 0 aliphatic carbocycles. The summed E-state index contributed by atoms with van der Waals surface area (Å²) in [4.78, 5) is 2.59. The van der Waals surface area contributed by atoms with Crippen molar-refractivity contribution in [2.45, 2.75) is 29.9 Å². The highest BCUT2D eigenvalue weighted by atomic mass is 127. The molecule has 0 bridgehead atoms. The van der Waals surface area contributed by atoms with Gasteiger partial charge in [-0.3, -0.25) is 4.90 Å². The molecule has 2 unspecified atom stereocenters. The molecule has 0 saturated carbocycles. The number of nitrogens with zero attached hydrogens (tertiary/aromatic N) is 1. The fourth-order valence-corrected chi connectivity index (χ4v) is 2.68. The lowest BCUT2D eigenvalue weighted by Crippen LogP contribution is -2.39. The van der Waals surface area contributed by atoms with Gasteiger partial charge in [-0.2, -0.15) is 0 Å². The largest absolute Gasteiger partial charge is 0.312 e. The first-order valence-corrected chi connectivity index (χ1v) is 5.82. The maximum absolute atomic E-state index is 3.58. The van der Waals surface area contributed by atoms with Crippen LogP contribution < -0.4 is 5.32 Å². The Kier molecular flexibility index (Phi) is 2.38. The number of fused-ring (bicyclic) bond motifs is 1. The normalized spacial score (nSPS) is 37.2. The highest BCUT2D eigenvalue weighted by Gasteiger charge is 2.40. The summed E-state index contributed by atoms with van der Waals surface area (Å²) >= 11 is 2.54. The molecule has 2 aliphatic rings. The third-order valence-electron chi connectivity index (χ3n) is 3.11. The molecule has 3 heteroatoms. The van der Waals surface area contributed by atoms with Gasteiger partial charge in [0, 0.05) is 19.1 Å². The van der Waals surface area contributed by atoms with Gasteiger partial charge in [-0.15, -0.1) is 0 Å². The average Bonchev–Trinajstić information content (AvgIpc) is 2.37. The van der Waals surface area contributed by atoms with E-state index in [2.05, 4.69) is 46.7 Å². The first kappa shape index (κ1) is 9.21. The van der Waals surface area contributed by atoms with E-state index in [1.165, 1.54) is 26.1 Å². The molecule has 2 atom stereocenters. The number of hydrogen-bond donors (Lipinski definition) is 1. The monoisotopic (exact) mass is 280 g/mol. The minimum absolute atomic E-state index is 0.337. The SMILES string of the molecule is CC(C)(I)N1CC2CCNC2C1. The quantitative estimate of drug-likeness (QED) is 0.444. The first-order valence-electron chi connectivity index (χ1n) is 4.75. The summed E-state index contributed by atoms with van der Waals surface area (Å²) in [6, 6.07) is 0.791. The number of nitrogens with one attached hydrogen (secondary N) is 1. The fraction of sp³-hybridized carbons (Fsp3) is 1.00. The molecule has 0 aromatic rings. The molecule has 2 heterocycles. The molecule has 0 spiro atoms. The lowest BCUT2D eigenvalue weighted by molar-refractivity contribution is 0.243. The molecule has 2 fully saturated rings. The Labute approximate surface area is 88.2 Å². The van der Waals surface area contributed by atoms with Crippen molar-refractivity contribution in [1.82, 2.24) is 10.2 Å². The van der Waals surface area contributed by atoms with Crippen LogP contribution >= 0.6 is 22.6 Å². The Balaban J connectivity index is 1.99. The summed E-state index contributed by atoms with van der Waals surface area (Å²) < 4.78 is 0.337. The van der Waals surface area contributed by atoms with Crippen molar-refractivity contribution < 1.29 is 0 Å². The zero-order valence-electron chi connectivity index (χ0n) is 7.81. The second-order valence-electron chi connectivity index (χ2n) is 4.42. The molecule has 12 heavy (non-hydrogen) atoms. The Hall–Kier alpha value is 0.650. The van der Waals surface area contributed by atoms with Gasteiger partial charge in [0.05, 0.1) is 3.55 Å². The Morgan fingerprint density at radius 2 is 2.17 bits per heavy atom. The van der Waals surface area contributed by atoms with Crippen LogP contribution in [-0.2, 0) is 0 Å². The van der Waals surface area contributed by atoms with Crippen LogP contribution in [0.3, 0.4) is 0 Å². The van der Waals surface area contributed by atoms with Crippen molar-refractivity contribution in [3.8, 4) is 0 Å². The first-order chi connectivity index (χ1) is 5.57. The van der Waals surface area contributed by atoms with E-state index in [1.54, 1.807) is 0 Å². The van der Waals surface area contributed by atoms with Crippen LogP contribution in [0.1, 0.15) is 20.3 Å². The molecule has 70 valence electrons. The van der Waals surface area contributed by atoms with Gasteiger partial charge in [0.15, 0.2) is 0 Å². The minimum atomic E-state index is 0.337. The number of alkyl halides is 1. The summed E-state index contributed by atoms with van der Waals surface area (Å²) in [6.45, 7) is 8.39. The molecule has 0 aromatic carbocycles. The van der Waals surface area contributed by atoms with Gasteiger partial charge < -0.3 is 5.32 Å². The molecule has 2 aliphatic heterocycles. The van der Waals surface area contributed by atoms with Crippen molar-refractivity contribution in [3.63, 3.8) is 0 Å². The molecule has 0 amide bonds. The highest BCUT2D eigenvalue weighted by molar-refractivity contribution is 14.1. The number of hydrogen-bond acceptors (Lipinski definition) is 2. The molecule has 2 saturated heterocycles. The fourth-order valence-electron chi connectivity index (χ4n) is 2.28. The Morgan fingerprint density at radius 1 is 1.42 bits per heavy atom. The van der Waals surface area contributed by atoms with Crippen molar-refractivity contribution in [3.05, 3.63) is 0 Å². The van der Waals surface area contributed by atoms with Crippen molar-refractivity contribution in [2.75, 3.05) is 19.6 Å². The van der Waals surface area contributed by atoms with E-state index in [1.807, 2.05) is 0 Å². The Morgan fingerprint density at radius 3 is 2.75 bits per heavy atom. The Bertz CT molecular complexity index is 164. The second-order valence-corrected chi connectivity index (χ2v) is 7.06. The third kappa shape index (κ3) is 1.63. The van der Waals surface area contributed by atoms with E-state index in [0.717, 1.165) is 12.0 Å². The zero-order chi connectivity index (χ0) is 8.77. The maximum Gasteiger partial charge on any atom is 0.0673 e. The van der Waals surface area contributed by atoms with Crippen LogP contribution in [0.25, 0.3) is 0 Å². The van der Waals surface area contributed by atoms with Gasteiger partial charge in [0.1, 0.15) is 0 Å². The molecule has 2 rings (SSSR count). The minimum Gasteiger partial charge on any atom is -0.312 e. The second kappa shape index (κ2) is 3.10. The average molecular weight is 280 g/mol. The van der Waals surface area contributed by atoms with Gasteiger partial charge in [-0.05, 0) is 32.7 Å². The van der Waals surface area contributed by atoms with Crippen molar-refractivity contribution in [1.29, 1.82) is 0 Å². The van der Waals surface area contributed by atoms with Crippen LogP contribution in [0.2, 0.25) is 0 Å². The van der Waals surface area contributed by atoms with Gasteiger partial charge in [-0.1, -0.05) is 22.6 Å². The van der Waals surface area contributed by atoms with Crippen LogP contribution in [0.15, 0.2) is 0 Å². The number of halogens is 1. The van der Waals surface area contributed by atoms with Gasteiger partial charge in [0.25, 0.3) is 0 Å². The smallest absolute Gasteiger partial charge is 0.0673 e. The standard InChI is InChI=1S/C9H17IN2/c1-9(2,10)12-5-7-3-4-11-8(7)6-12/h7-8,11H,3-6H2,1-2H3. The summed E-state index contributed by atoms with van der Waals surface area (Å²) in [5.74, 6) is 0.930. The van der Waals surface area contributed by atoms with Crippen LogP contribution in [0, 0.1) is 5.92 Å². The van der Waals surface area contributed by atoms with E-state index >= 15 is 0 Å². The highest BCUT2D eigenvalue weighted by Crippen LogP contribution is 2.32. The predicted octanol–water partition coefficient (Wildman–Crippen LogP) is 1.45. The lowest BCUT2D eigenvalue weighted by atomic mass is 10.1. The van der Waals surface area contributed by atoms with Crippen molar-refractivity contribution >= 4 is 22.6 Å². The van der Waals surface area contributed by atoms with E-state index in [9.17, 15) is 0 Å². The van der Waals surface area contributed by atoms with Crippen LogP contribution in [-0.4, -0.2) is 34.1 Å². The van der Waals surface area contributed by atoms with E-state index < -0.39 is 0 Å². The van der Waals surface area contributed by atoms with Gasteiger partial charge in [0.2, 0.25) is 0 Å². The lowest BCUT2D eigenvalue weighted by Gasteiger charge is -2.30. The van der Waals surface area contributed by atoms with Crippen LogP contribution in [0.5, 0.6) is 0 Å². The molecule has 0 aromatic heterocycles. The van der Waals surface area contributed by atoms with Crippen molar-refractivity contribution in [2.24, 2.45) is 5.92 Å². The third-order valence-corrected chi connectivity index (χ3v) is 3.80. The summed E-state index contributed by atoms with van der Waals surface area (Å²) in [5.41, 5.74) is 0. The summed E-state index contributed by atoms with van der Waals surface area (Å²) in [7, 11) is 0. The number of likely N-dealkylation sites (tertiary alicyclic amines) is 1. The van der Waals surface area contributed by atoms with Gasteiger partial charge >= 0.3 is 0 Å². The van der Waals surface area contributed by atoms with Gasteiger partial charge in [-0.25, -0.2) is 0 Å². The van der Waals surface area contributed by atoms with E-state index in [0.29, 0.717) is 3.55 Å². The van der Waals surface area contributed by atoms with Crippen LogP contribution in [0.4, 0.5) is 0 Å². The zero-order valence-corrected chi connectivity index (χ0v) is 9.97. The van der Waals surface area contributed by atoms with E-state index in [4.69, 9.17) is 0 Å². The molecule has 2 nitrogen and oxygen atoms in total. The maximum atomic E-state index is 3.58. The summed E-state index contributed by atoms with van der Waals surface area (Å²) in [5, 5.41) is 3.58. The molecule has 1 N–H and O–H groups in total. The molecule has 0 radical (unpaired) electrons.